The van der Waals surface area contributed by atoms with Gasteiger partial charge in [0.1, 0.15) is 6.04 Å². The maximum Gasteiger partial charge on any atom is 0.239 e. The van der Waals surface area contributed by atoms with E-state index in [9.17, 15) is 4.79 Å². The van der Waals surface area contributed by atoms with Crippen molar-refractivity contribution in [2.75, 3.05) is 32.7 Å². The quantitative estimate of drug-likeness (QED) is 0.903. The van der Waals surface area contributed by atoms with Gasteiger partial charge in [0.05, 0.1) is 0 Å². The van der Waals surface area contributed by atoms with Gasteiger partial charge in [-0.2, -0.15) is 0 Å². The highest BCUT2D eigenvalue weighted by Gasteiger charge is 2.31. The van der Waals surface area contributed by atoms with E-state index in [2.05, 4.69) is 16.7 Å². The predicted octanol–water partition coefficient (Wildman–Crippen LogP) is 2.66. The molecule has 0 spiro atoms. The first kappa shape index (κ1) is 17.4. The number of hydrogen-bond donors (Lipinski definition) is 1. The molecule has 0 radical (unpaired) electrons. The van der Waals surface area contributed by atoms with Crippen LogP contribution < -0.4 is 5.73 Å². The van der Waals surface area contributed by atoms with Gasteiger partial charge in [-0.3, -0.25) is 9.69 Å². The molecule has 2 saturated heterocycles. The summed E-state index contributed by atoms with van der Waals surface area (Å²) in [5.41, 5.74) is 6.78. The van der Waals surface area contributed by atoms with Crippen molar-refractivity contribution >= 4 is 5.91 Å². The third-order valence-corrected chi connectivity index (χ3v) is 5.69. The van der Waals surface area contributed by atoms with E-state index < -0.39 is 0 Å². The van der Waals surface area contributed by atoms with Crippen LogP contribution in [0.2, 0.25) is 0 Å². The van der Waals surface area contributed by atoms with Gasteiger partial charge in [0.2, 0.25) is 5.91 Å². The van der Waals surface area contributed by atoms with Crippen LogP contribution in [0.25, 0.3) is 0 Å². The average Bonchev–Trinajstić information content (AvgIpc) is 2.58. The minimum Gasteiger partial charge on any atom is -0.368 e. The zero-order valence-electron chi connectivity index (χ0n) is 14.9. The molecule has 1 amide bonds. The Kier molecular flexibility index (Phi) is 5.90. The van der Waals surface area contributed by atoms with Crippen LogP contribution in [-0.2, 0) is 4.79 Å². The molecule has 1 aromatic rings. The Bertz CT molecular complexity index is 525. The second-order valence-electron chi connectivity index (χ2n) is 7.70. The molecule has 2 atom stereocenters. The van der Waals surface area contributed by atoms with Crippen molar-refractivity contribution in [2.45, 2.75) is 38.6 Å². The number of nitrogens with zero attached hydrogens (tertiary/aromatic N) is 2. The number of nitrogens with two attached hydrogens (primary N) is 1. The molecule has 1 aromatic carbocycles. The van der Waals surface area contributed by atoms with Crippen molar-refractivity contribution < 1.29 is 4.79 Å². The standard InChI is InChI=1S/C20H31N3O/c1-16-9-12-22(13-10-16)14-17-6-5-11-23(15-17)19(20(21)24)18-7-3-2-4-8-18/h2-4,7-8,16-17,19H,5-6,9-15H2,1H3,(H2,21,24)/t17-,19-/m1/s1. The summed E-state index contributed by atoms with van der Waals surface area (Å²) in [4.78, 5) is 17.0. The topological polar surface area (TPSA) is 49.6 Å². The molecule has 24 heavy (non-hydrogen) atoms. The predicted molar refractivity (Wildman–Crippen MR) is 97.5 cm³/mol. The molecule has 0 aromatic heterocycles. The first-order valence-corrected chi connectivity index (χ1v) is 9.44. The van der Waals surface area contributed by atoms with Crippen molar-refractivity contribution in [1.29, 1.82) is 0 Å². The van der Waals surface area contributed by atoms with Gasteiger partial charge in [0.25, 0.3) is 0 Å². The van der Waals surface area contributed by atoms with Crippen molar-refractivity contribution in [3.63, 3.8) is 0 Å². The van der Waals surface area contributed by atoms with Crippen molar-refractivity contribution in [3.8, 4) is 0 Å². The highest BCUT2D eigenvalue weighted by molar-refractivity contribution is 5.81. The van der Waals surface area contributed by atoms with Crippen LogP contribution in [0.1, 0.15) is 44.2 Å². The second kappa shape index (κ2) is 8.13. The Hall–Kier alpha value is -1.39. The highest BCUT2D eigenvalue weighted by atomic mass is 16.1. The summed E-state index contributed by atoms with van der Waals surface area (Å²) in [7, 11) is 0. The molecular weight excluding hydrogens is 298 g/mol. The third kappa shape index (κ3) is 4.37. The van der Waals surface area contributed by atoms with Crippen molar-refractivity contribution in [3.05, 3.63) is 35.9 Å². The first-order valence-electron chi connectivity index (χ1n) is 9.44. The first-order chi connectivity index (χ1) is 11.6. The summed E-state index contributed by atoms with van der Waals surface area (Å²) < 4.78 is 0. The number of benzene rings is 1. The molecule has 132 valence electrons. The lowest BCUT2D eigenvalue weighted by Crippen LogP contribution is -2.47. The van der Waals surface area contributed by atoms with Crippen molar-refractivity contribution in [2.24, 2.45) is 17.6 Å². The van der Waals surface area contributed by atoms with Gasteiger partial charge in [-0.1, -0.05) is 37.3 Å². The van der Waals surface area contributed by atoms with Gasteiger partial charge in [-0.15, -0.1) is 0 Å². The van der Waals surface area contributed by atoms with E-state index in [1.54, 1.807) is 0 Å². The fraction of sp³-hybridized carbons (Fsp3) is 0.650. The summed E-state index contributed by atoms with van der Waals surface area (Å²) in [6.07, 6.45) is 5.07. The second-order valence-corrected chi connectivity index (χ2v) is 7.70. The summed E-state index contributed by atoms with van der Waals surface area (Å²) >= 11 is 0. The summed E-state index contributed by atoms with van der Waals surface area (Å²) in [6.45, 7) is 7.94. The summed E-state index contributed by atoms with van der Waals surface area (Å²) in [5.74, 6) is 1.30. The fourth-order valence-corrected chi connectivity index (χ4v) is 4.28. The zero-order valence-corrected chi connectivity index (χ0v) is 14.9. The molecule has 4 heteroatoms. The smallest absolute Gasteiger partial charge is 0.239 e. The monoisotopic (exact) mass is 329 g/mol. The van der Waals surface area contributed by atoms with Crippen LogP contribution in [-0.4, -0.2) is 48.4 Å². The van der Waals surface area contributed by atoms with Crippen LogP contribution in [0, 0.1) is 11.8 Å². The minimum atomic E-state index is -0.282. The van der Waals surface area contributed by atoms with E-state index in [-0.39, 0.29) is 11.9 Å². The van der Waals surface area contributed by atoms with Crippen LogP contribution in [0.5, 0.6) is 0 Å². The number of carbonyl (C=O) groups excluding carboxylic acids is 1. The number of rotatable bonds is 5. The number of hydrogen-bond acceptors (Lipinski definition) is 3. The normalized spacial score (nSPS) is 25.5. The summed E-state index contributed by atoms with van der Waals surface area (Å²) in [6, 6.07) is 9.72. The maximum absolute atomic E-state index is 12.1. The molecule has 2 N–H and O–H groups in total. The van der Waals surface area contributed by atoms with E-state index in [1.165, 1.54) is 38.9 Å². The molecule has 2 aliphatic rings. The van der Waals surface area contributed by atoms with Gasteiger partial charge in [-0.05, 0) is 62.7 Å². The molecule has 3 rings (SSSR count). The minimum absolute atomic E-state index is 0.228. The largest absolute Gasteiger partial charge is 0.368 e. The van der Waals surface area contributed by atoms with Crippen molar-refractivity contribution in [1.82, 2.24) is 9.80 Å². The van der Waals surface area contributed by atoms with E-state index in [0.717, 1.165) is 31.0 Å². The van der Waals surface area contributed by atoms with Crippen LogP contribution in [0.4, 0.5) is 0 Å². The Morgan fingerprint density at radius 1 is 1.17 bits per heavy atom. The summed E-state index contributed by atoms with van der Waals surface area (Å²) in [5, 5.41) is 0. The van der Waals surface area contributed by atoms with Gasteiger partial charge in [0, 0.05) is 13.1 Å². The Morgan fingerprint density at radius 2 is 1.88 bits per heavy atom. The highest BCUT2D eigenvalue weighted by Crippen LogP contribution is 2.28. The Labute approximate surface area is 146 Å². The molecule has 0 saturated carbocycles. The van der Waals surface area contributed by atoms with Gasteiger partial charge in [-0.25, -0.2) is 0 Å². The molecule has 0 aliphatic carbocycles. The van der Waals surface area contributed by atoms with E-state index in [4.69, 9.17) is 5.73 Å². The average molecular weight is 329 g/mol. The molecule has 2 heterocycles. The van der Waals surface area contributed by atoms with Crippen LogP contribution in [0.3, 0.4) is 0 Å². The molecule has 0 bridgehead atoms. The number of likely N-dealkylation sites (tertiary alicyclic amines) is 2. The Balaban J connectivity index is 1.62. The Morgan fingerprint density at radius 3 is 2.54 bits per heavy atom. The third-order valence-electron chi connectivity index (χ3n) is 5.69. The molecule has 2 aliphatic heterocycles. The lowest BCUT2D eigenvalue weighted by molar-refractivity contribution is -0.124. The maximum atomic E-state index is 12.1. The van der Waals surface area contributed by atoms with Crippen LogP contribution >= 0.6 is 0 Å². The number of amides is 1. The van der Waals surface area contributed by atoms with E-state index >= 15 is 0 Å². The molecule has 2 fully saturated rings. The molecule has 0 unspecified atom stereocenters. The fourth-order valence-electron chi connectivity index (χ4n) is 4.28. The van der Waals surface area contributed by atoms with Gasteiger partial charge >= 0.3 is 0 Å². The number of primary amides is 1. The molecule has 4 nitrogen and oxygen atoms in total. The zero-order chi connectivity index (χ0) is 16.9. The van der Waals surface area contributed by atoms with Crippen LogP contribution in [0.15, 0.2) is 30.3 Å². The lowest BCUT2D eigenvalue weighted by atomic mass is 9.92. The molecular formula is C20H31N3O. The van der Waals surface area contributed by atoms with Gasteiger partial charge < -0.3 is 10.6 Å². The van der Waals surface area contributed by atoms with E-state index in [1.807, 2.05) is 30.3 Å². The number of carbonyl (C=O) groups is 1. The number of piperidine rings is 2. The van der Waals surface area contributed by atoms with E-state index in [0.29, 0.717) is 5.92 Å². The van der Waals surface area contributed by atoms with Gasteiger partial charge in [0.15, 0.2) is 0 Å². The SMILES string of the molecule is CC1CCN(C[C@H]2CCCN([C@@H](C(N)=O)c3ccccc3)C2)CC1. The lowest BCUT2D eigenvalue weighted by Gasteiger charge is -2.40.